The average molecular weight is 320 g/mol. The third kappa shape index (κ3) is 4.40. The Labute approximate surface area is 136 Å². The Morgan fingerprint density at radius 1 is 1.61 bits per heavy atom. The fraction of sp³-hybridized carbons (Fsp3) is 0.625. The van der Waals surface area contributed by atoms with Crippen LogP contribution in [0.1, 0.15) is 39.5 Å². The number of nitrogens with zero attached hydrogens (tertiary/aromatic N) is 3. The van der Waals surface area contributed by atoms with E-state index in [0.29, 0.717) is 18.9 Å². The highest BCUT2D eigenvalue weighted by Crippen LogP contribution is 2.29. The van der Waals surface area contributed by atoms with Gasteiger partial charge in [-0.2, -0.15) is 0 Å². The fourth-order valence-corrected chi connectivity index (χ4v) is 3.02. The molecule has 2 rings (SSSR count). The Morgan fingerprint density at radius 3 is 3.09 bits per heavy atom. The van der Waals surface area contributed by atoms with Crippen LogP contribution in [-0.4, -0.2) is 34.9 Å². The Bertz CT molecular complexity index is 564. The van der Waals surface area contributed by atoms with E-state index in [1.807, 2.05) is 11.8 Å². The minimum absolute atomic E-state index is 0.00657. The number of pyridine rings is 1. The highest BCUT2D eigenvalue weighted by Gasteiger charge is 2.30. The normalized spacial score (nSPS) is 19.2. The van der Waals surface area contributed by atoms with Crippen LogP contribution in [0.5, 0.6) is 0 Å². The maximum Gasteiger partial charge on any atom is 0.311 e. The molecule has 2 atom stereocenters. The molecule has 23 heavy (non-hydrogen) atoms. The second kappa shape index (κ2) is 7.89. The predicted molar refractivity (Wildman–Crippen MR) is 88.3 cm³/mol. The molecule has 1 aromatic heterocycles. The van der Waals surface area contributed by atoms with Gasteiger partial charge in [-0.3, -0.25) is 14.9 Å². The van der Waals surface area contributed by atoms with Crippen molar-refractivity contribution in [2.45, 2.75) is 45.6 Å². The molecule has 0 bridgehead atoms. The van der Waals surface area contributed by atoms with E-state index in [1.54, 1.807) is 12.3 Å². The van der Waals surface area contributed by atoms with Crippen LogP contribution < -0.4 is 10.2 Å². The van der Waals surface area contributed by atoms with Gasteiger partial charge in [-0.25, -0.2) is 4.98 Å². The molecule has 1 amide bonds. The maximum absolute atomic E-state index is 12.4. The lowest BCUT2D eigenvalue weighted by Gasteiger charge is -2.33. The second-order valence-electron chi connectivity index (χ2n) is 6.09. The van der Waals surface area contributed by atoms with Crippen LogP contribution in [-0.2, 0) is 4.79 Å². The smallest absolute Gasteiger partial charge is 0.311 e. The van der Waals surface area contributed by atoms with E-state index in [-0.39, 0.29) is 23.6 Å². The molecule has 0 radical (unpaired) electrons. The van der Waals surface area contributed by atoms with Crippen molar-refractivity contribution in [1.29, 1.82) is 0 Å². The summed E-state index contributed by atoms with van der Waals surface area (Å²) >= 11 is 0. The lowest BCUT2D eigenvalue weighted by Crippen LogP contribution is -2.45. The van der Waals surface area contributed by atoms with Gasteiger partial charge in [0.25, 0.3) is 0 Å². The highest BCUT2D eigenvalue weighted by molar-refractivity contribution is 5.80. The number of hydrogen-bond acceptors (Lipinski definition) is 5. The van der Waals surface area contributed by atoms with Crippen molar-refractivity contribution in [2.75, 3.05) is 18.0 Å². The summed E-state index contributed by atoms with van der Waals surface area (Å²) in [6, 6.07) is 3.17. The zero-order chi connectivity index (χ0) is 16.8. The first-order valence-electron chi connectivity index (χ1n) is 8.17. The number of carbonyl (C=O) groups is 1. The summed E-state index contributed by atoms with van der Waals surface area (Å²) in [5, 5.41) is 14.2. The van der Waals surface area contributed by atoms with Crippen molar-refractivity contribution in [3.63, 3.8) is 0 Å². The average Bonchev–Trinajstić information content (AvgIpc) is 2.55. The first kappa shape index (κ1) is 17.2. The zero-order valence-corrected chi connectivity index (χ0v) is 13.7. The molecular weight excluding hydrogens is 296 g/mol. The maximum atomic E-state index is 12.4. The zero-order valence-electron chi connectivity index (χ0n) is 13.7. The van der Waals surface area contributed by atoms with E-state index >= 15 is 0 Å². The molecule has 0 spiro atoms. The number of carbonyl (C=O) groups excluding carboxylic acids is 1. The Morgan fingerprint density at radius 2 is 2.39 bits per heavy atom. The molecule has 1 N–H and O–H groups in total. The number of piperidine rings is 1. The molecule has 1 saturated heterocycles. The van der Waals surface area contributed by atoms with Crippen LogP contribution >= 0.6 is 0 Å². The number of aromatic nitrogens is 1. The number of nitrogens with one attached hydrogen (secondary N) is 1. The summed E-state index contributed by atoms with van der Waals surface area (Å²) in [5.41, 5.74) is -0.00657. The van der Waals surface area contributed by atoms with Gasteiger partial charge in [-0.05, 0) is 32.3 Å². The SMILES string of the molecule is CCCC(C)NC(=O)C1CCCN(c2ncccc2[N+](=O)[O-])C1. The van der Waals surface area contributed by atoms with Gasteiger partial charge in [0.1, 0.15) is 0 Å². The number of nitro groups is 1. The Hall–Kier alpha value is -2.18. The molecule has 1 aromatic rings. The fourth-order valence-electron chi connectivity index (χ4n) is 3.02. The molecule has 1 aliphatic rings. The number of amides is 1. The first-order valence-corrected chi connectivity index (χ1v) is 8.17. The molecule has 126 valence electrons. The van der Waals surface area contributed by atoms with E-state index in [1.165, 1.54) is 6.07 Å². The Kier molecular flexibility index (Phi) is 5.90. The number of hydrogen-bond donors (Lipinski definition) is 1. The van der Waals surface area contributed by atoms with E-state index in [9.17, 15) is 14.9 Å². The van der Waals surface area contributed by atoms with Gasteiger partial charge >= 0.3 is 5.69 Å². The van der Waals surface area contributed by atoms with Gasteiger partial charge in [-0.1, -0.05) is 13.3 Å². The van der Waals surface area contributed by atoms with Gasteiger partial charge in [0.2, 0.25) is 11.7 Å². The summed E-state index contributed by atoms with van der Waals surface area (Å²) in [5.74, 6) is 0.246. The van der Waals surface area contributed by atoms with E-state index < -0.39 is 4.92 Å². The molecule has 0 aromatic carbocycles. The monoisotopic (exact) mass is 320 g/mol. The third-order valence-electron chi connectivity index (χ3n) is 4.16. The molecule has 2 heterocycles. The summed E-state index contributed by atoms with van der Waals surface area (Å²) in [4.78, 5) is 29.1. The van der Waals surface area contributed by atoms with Crippen molar-refractivity contribution in [2.24, 2.45) is 5.92 Å². The topological polar surface area (TPSA) is 88.4 Å². The van der Waals surface area contributed by atoms with Crippen molar-refractivity contribution < 1.29 is 9.72 Å². The van der Waals surface area contributed by atoms with Crippen molar-refractivity contribution in [3.05, 3.63) is 28.4 Å². The highest BCUT2D eigenvalue weighted by atomic mass is 16.6. The molecule has 1 fully saturated rings. The van der Waals surface area contributed by atoms with Crippen LogP contribution in [0.2, 0.25) is 0 Å². The molecule has 2 unspecified atom stereocenters. The number of anilines is 1. The molecule has 0 saturated carbocycles. The van der Waals surface area contributed by atoms with Gasteiger partial charge in [0.15, 0.2) is 0 Å². The van der Waals surface area contributed by atoms with Gasteiger partial charge in [-0.15, -0.1) is 0 Å². The van der Waals surface area contributed by atoms with Crippen molar-refractivity contribution >= 4 is 17.4 Å². The molecule has 7 nitrogen and oxygen atoms in total. The van der Waals surface area contributed by atoms with Crippen LogP contribution in [0.4, 0.5) is 11.5 Å². The third-order valence-corrected chi connectivity index (χ3v) is 4.16. The predicted octanol–water partition coefficient (Wildman–Crippen LogP) is 2.51. The largest absolute Gasteiger partial charge is 0.353 e. The second-order valence-corrected chi connectivity index (χ2v) is 6.09. The van der Waals surface area contributed by atoms with Gasteiger partial charge in [0.05, 0.1) is 10.8 Å². The lowest BCUT2D eigenvalue weighted by molar-refractivity contribution is -0.384. The summed E-state index contributed by atoms with van der Waals surface area (Å²) in [6.07, 6.45) is 5.16. The van der Waals surface area contributed by atoms with Crippen LogP contribution in [0.15, 0.2) is 18.3 Å². The molecule has 1 aliphatic heterocycles. The first-order chi connectivity index (χ1) is 11.0. The molecule has 7 heteroatoms. The van der Waals surface area contributed by atoms with E-state index in [4.69, 9.17) is 0 Å². The van der Waals surface area contributed by atoms with E-state index in [2.05, 4.69) is 17.2 Å². The minimum atomic E-state index is -0.421. The van der Waals surface area contributed by atoms with Crippen LogP contribution in [0.25, 0.3) is 0 Å². The van der Waals surface area contributed by atoms with Crippen LogP contribution in [0.3, 0.4) is 0 Å². The van der Waals surface area contributed by atoms with Gasteiger partial charge in [0, 0.05) is 31.4 Å². The number of rotatable bonds is 6. The quantitative estimate of drug-likeness (QED) is 0.642. The summed E-state index contributed by atoms with van der Waals surface area (Å²) in [6.45, 7) is 5.26. The Balaban J connectivity index is 2.06. The summed E-state index contributed by atoms with van der Waals surface area (Å²) < 4.78 is 0. The van der Waals surface area contributed by atoms with E-state index in [0.717, 1.165) is 25.7 Å². The van der Waals surface area contributed by atoms with Crippen LogP contribution in [0, 0.1) is 16.0 Å². The molecule has 0 aliphatic carbocycles. The van der Waals surface area contributed by atoms with Gasteiger partial charge < -0.3 is 10.2 Å². The summed E-state index contributed by atoms with van der Waals surface area (Å²) in [7, 11) is 0. The minimum Gasteiger partial charge on any atom is -0.353 e. The lowest BCUT2D eigenvalue weighted by atomic mass is 9.96. The molecular formula is C16H24N4O3. The van der Waals surface area contributed by atoms with Crippen molar-refractivity contribution in [1.82, 2.24) is 10.3 Å². The van der Waals surface area contributed by atoms with Crippen molar-refractivity contribution in [3.8, 4) is 0 Å². The standard InChI is InChI=1S/C16H24N4O3/c1-3-6-12(2)18-16(21)13-7-5-10-19(11-13)15-14(20(22)23)8-4-9-17-15/h4,8-9,12-13H,3,5-7,10-11H2,1-2H3,(H,18,21).